The fraction of sp³-hybridized carbons (Fsp3) is 0.286. The van der Waals surface area contributed by atoms with E-state index in [2.05, 4.69) is 0 Å². The first kappa shape index (κ1) is 19.5. The van der Waals surface area contributed by atoms with E-state index in [4.69, 9.17) is 4.74 Å². The Kier molecular flexibility index (Phi) is 6.41. The van der Waals surface area contributed by atoms with Gasteiger partial charge in [0.25, 0.3) is 0 Å². The minimum absolute atomic E-state index is 0.0870. The van der Waals surface area contributed by atoms with E-state index in [0.717, 1.165) is 5.57 Å². The predicted octanol–water partition coefficient (Wildman–Crippen LogP) is 3.92. The fourth-order valence-electron chi connectivity index (χ4n) is 2.64. The number of phenolic OH excluding ortho intramolecular Hbond substituents is 2. The molecule has 0 spiro atoms. The van der Waals surface area contributed by atoms with Gasteiger partial charge in [-0.1, -0.05) is 23.8 Å². The average Bonchev–Trinajstić information content (AvgIpc) is 2.60. The van der Waals surface area contributed by atoms with Crippen molar-refractivity contribution in [3.8, 4) is 17.2 Å². The maximum absolute atomic E-state index is 12.6. The van der Waals surface area contributed by atoms with Crippen LogP contribution < -0.4 is 4.74 Å². The number of carbonyl (C=O) groups excluding carboxylic acids is 1. The van der Waals surface area contributed by atoms with Gasteiger partial charge in [-0.25, -0.2) is 0 Å². The van der Waals surface area contributed by atoms with Crippen molar-refractivity contribution in [2.75, 3.05) is 7.11 Å². The molecule has 2 aromatic carbocycles. The number of hydrogen-bond acceptors (Lipinski definition) is 5. The van der Waals surface area contributed by atoms with Gasteiger partial charge in [0, 0.05) is 12.0 Å². The summed E-state index contributed by atoms with van der Waals surface area (Å²) in [5, 5.41) is 30.1. The minimum atomic E-state index is -1.02. The van der Waals surface area contributed by atoms with E-state index in [-0.39, 0.29) is 29.3 Å². The molecule has 0 fully saturated rings. The highest BCUT2D eigenvalue weighted by Gasteiger charge is 2.21. The largest absolute Gasteiger partial charge is 0.508 e. The third-order valence-corrected chi connectivity index (χ3v) is 4.13. The van der Waals surface area contributed by atoms with Crippen molar-refractivity contribution in [1.29, 1.82) is 0 Å². The lowest BCUT2D eigenvalue weighted by atomic mass is 9.96. The van der Waals surface area contributed by atoms with E-state index in [9.17, 15) is 20.1 Å². The number of ketones is 1. The molecule has 5 nitrogen and oxygen atoms in total. The molecule has 0 saturated heterocycles. The maximum atomic E-state index is 12.6. The summed E-state index contributed by atoms with van der Waals surface area (Å²) < 4.78 is 5.28. The zero-order valence-electron chi connectivity index (χ0n) is 15.2. The Bertz CT molecular complexity index is 802. The van der Waals surface area contributed by atoms with Crippen molar-refractivity contribution in [3.63, 3.8) is 0 Å². The lowest BCUT2D eigenvalue weighted by Gasteiger charge is -2.14. The highest BCUT2D eigenvalue weighted by molar-refractivity contribution is 5.99. The molecule has 2 rings (SSSR count). The number of hydrogen-bond donors (Lipinski definition) is 3. The number of allylic oxidation sites excluding steroid dienone is 2. The van der Waals surface area contributed by atoms with Crippen molar-refractivity contribution < 1.29 is 24.9 Å². The summed E-state index contributed by atoms with van der Waals surface area (Å²) in [6.45, 7) is 3.90. The van der Waals surface area contributed by atoms with Gasteiger partial charge < -0.3 is 20.1 Å². The van der Waals surface area contributed by atoms with E-state index in [1.807, 2.05) is 19.9 Å². The lowest BCUT2D eigenvalue weighted by molar-refractivity contribution is 0.0877. The molecule has 138 valence electrons. The Hall–Kier alpha value is -2.79. The number of benzene rings is 2. The standard InChI is InChI=1S/C21H24O5/c1-13(2)4-9-17-20(26-3)11-10-16(21(17)25)19(24)12-18(23)14-5-7-15(22)8-6-14/h4-8,10-11,18,22-23,25H,9,12H2,1-3H3. The molecule has 0 radical (unpaired) electrons. The number of carbonyl (C=O) groups is 1. The van der Waals surface area contributed by atoms with Crippen LogP contribution in [-0.4, -0.2) is 28.2 Å². The van der Waals surface area contributed by atoms with Crippen LogP contribution in [-0.2, 0) is 6.42 Å². The summed E-state index contributed by atoms with van der Waals surface area (Å²) in [5.41, 5.74) is 2.30. The van der Waals surface area contributed by atoms with Crippen molar-refractivity contribution in [2.24, 2.45) is 0 Å². The van der Waals surface area contributed by atoms with E-state index in [0.29, 0.717) is 23.3 Å². The lowest BCUT2D eigenvalue weighted by Crippen LogP contribution is -2.08. The molecular weight excluding hydrogens is 332 g/mol. The van der Waals surface area contributed by atoms with Crippen LogP contribution in [0.1, 0.15) is 47.9 Å². The topological polar surface area (TPSA) is 87.0 Å². The Morgan fingerprint density at radius 3 is 2.35 bits per heavy atom. The molecule has 1 unspecified atom stereocenters. The van der Waals surface area contributed by atoms with Crippen LogP contribution in [0.3, 0.4) is 0 Å². The van der Waals surface area contributed by atoms with Crippen molar-refractivity contribution in [2.45, 2.75) is 32.8 Å². The zero-order valence-corrected chi connectivity index (χ0v) is 15.2. The summed E-state index contributed by atoms with van der Waals surface area (Å²) >= 11 is 0. The molecule has 26 heavy (non-hydrogen) atoms. The average molecular weight is 356 g/mol. The van der Waals surface area contributed by atoms with Gasteiger partial charge in [0.2, 0.25) is 0 Å². The van der Waals surface area contributed by atoms with E-state index in [1.165, 1.54) is 25.3 Å². The van der Waals surface area contributed by atoms with Gasteiger partial charge in [-0.15, -0.1) is 0 Å². The van der Waals surface area contributed by atoms with Crippen LogP contribution in [0.4, 0.5) is 0 Å². The Labute approximate surface area is 153 Å². The molecule has 0 aliphatic heterocycles. The molecule has 1 atom stereocenters. The summed E-state index contributed by atoms with van der Waals surface area (Å²) in [4.78, 5) is 12.6. The van der Waals surface area contributed by atoms with Crippen molar-refractivity contribution in [1.82, 2.24) is 0 Å². The quantitative estimate of drug-likeness (QED) is 0.517. The van der Waals surface area contributed by atoms with E-state index >= 15 is 0 Å². The Morgan fingerprint density at radius 1 is 1.12 bits per heavy atom. The highest BCUT2D eigenvalue weighted by Crippen LogP contribution is 2.34. The molecule has 2 aromatic rings. The number of ether oxygens (including phenoxy) is 1. The summed E-state index contributed by atoms with van der Waals surface area (Å²) in [6.07, 6.45) is 1.19. The molecule has 0 heterocycles. The van der Waals surface area contributed by atoms with Crippen LogP contribution in [0.15, 0.2) is 48.0 Å². The van der Waals surface area contributed by atoms with E-state index in [1.54, 1.807) is 18.2 Å². The number of aliphatic hydroxyl groups excluding tert-OH is 1. The van der Waals surface area contributed by atoms with Crippen LogP contribution in [0, 0.1) is 0 Å². The molecule has 0 aliphatic rings. The minimum Gasteiger partial charge on any atom is -0.508 e. The number of rotatable bonds is 7. The molecule has 0 bridgehead atoms. The normalized spacial score (nSPS) is 11.7. The second-order valence-corrected chi connectivity index (χ2v) is 6.36. The third-order valence-electron chi connectivity index (χ3n) is 4.13. The fourth-order valence-corrected chi connectivity index (χ4v) is 2.64. The predicted molar refractivity (Wildman–Crippen MR) is 99.8 cm³/mol. The van der Waals surface area contributed by atoms with Gasteiger partial charge in [0.1, 0.15) is 17.2 Å². The van der Waals surface area contributed by atoms with Gasteiger partial charge in [0.15, 0.2) is 5.78 Å². The number of methoxy groups -OCH3 is 1. The van der Waals surface area contributed by atoms with Crippen LogP contribution in [0.5, 0.6) is 17.2 Å². The molecule has 5 heteroatoms. The Balaban J connectivity index is 2.26. The summed E-state index contributed by atoms with van der Waals surface area (Å²) in [6, 6.07) is 9.17. The molecular formula is C21H24O5. The van der Waals surface area contributed by atoms with Crippen LogP contribution in [0.25, 0.3) is 0 Å². The molecule has 3 N–H and O–H groups in total. The van der Waals surface area contributed by atoms with Crippen molar-refractivity contribution >= 4 is 5.78 Å². The highest BCUT2D eigenvalue weighted by atomic mass is 16.5. The SMILES string of the molecule is COc1ccc(C(=O)CC(O)c2ccc(O)cc2)c(O)c1CC=C(C)C. The van der Waals surface area contributed by atoms with E-state index < -0.39 is 6.10 Å². The first-order valence-corrected chi connectivity index (χ1v) is 8.35. The first-order valence-electron chi connectivity index (χ1n) is 8.35. The summed E-state index contributed by atoms with van der Waals surface area (Å²) in [5.74, 6) is 0.105. The number of Topliss-reactive ketones (excluding diaryl/α,β-unsaturated/α-hetero) is 1. The van der Waals surface area contributed by atoms with Crippen molar-refractivity contribution in [3.05, 3.63) is 64.7 Å². The molecule has 0 aromatic heterocycles. The van der Waals surface area contributed by atoms with Gasteiger partial charge >= 0.3 is 0 Å². The maximum Gasteiger partial charge on any atom is 0.169 e. The summed E-state index contributed by atoms with van der Waals surface area (Å²) in [7, 11) is 1.51. The smallest absolute Gasteiger partial charge is 0.169 e. The van der Waals surface area contributed by atoms with Gasteiger partial charge in [-0.2, -0.15) is 0 Å². The second kappa shape index (κ2) is 8.54. The molecule has 0 aliphatic carbocycles. The van der Waals surface area contributed by atoms with Gasteiger partial charge in [0.05, 0.1) is 18.8 Å². The van der Waals surface area contributed by atoms with Gasteiger partial charge in [-0.3, -0.25) is 4.79 Å². The number of phenols is 2. The monoisotopic (exact) mass is 356 g/mol. The van der Waals surface area contributed by atoms with Crippen LogP contribution >= 0.6 is 0 Å². The first-order chi connectivity index (χ1) is 12.3. The number of aliphatic hydroxyl groups is 1. The molecule has 0 saturated carbocycles. The molecule has 0 amide bonds. The van der Waals surface area contributed by atoms with Crippen LogP contribution in [0.2, 0.25) is 0 Å². The van der Waals surface area contributed by atoms with Gasteiger partial charge in [-0.05, 0) is 50.1 Å². The third kappa shape index (κ3) is 4.64. The second-order valence-electron chi connectivity index (χ2n) is 6.36. The zero-order chi connectivity index (χ0) is 19.3. The Morgan fingerprint density at radius 2 is 1.77 bits per heavy atom. The number of aromatic hydroxyl groups is 2.